The lowest BCUT2D eigenvalue weighted by molar-refractivity contribution is -0.132. The number of piperazine rings is 1. The van der Waals surface area contributed by atoms with Crippen LogP contribution in [0.2, 0.25) is 0 Å². The molecule has 0 spiro atoms. The van der Waals surface area contributed by atoms with E-state index < -0.39 is 0 Å². The van der Waals surface area contributed by atoms with E-state index in [9.17, 15) is 4.79 Å². The number of carbonyl (C=O) groups is 1. The molecule has 0 aromatic rings. The Morgan fingerprint density at radius 2 is 1.95 bits per heavy atom. The zero-order valence-corrected chi connectivity index (χ0v) is 12.5. The molecule has 0 aromatic carbocycles. The van der Waals surface area contributed by atoms with Crippen LogP contribution in [0.15, 0.2) is 0 Å². The third kappa shape index (κ3) is 5.11. The molecule has 1 saturated carbocycles. The Morgan fingerprint density at radius 3 is 2.53 bits per heavy atom. The predicted molar refractivity (Wildman–Crippen MR) is 78.1 cm³/mol. The summed E-state index contributed by atoms with van der Waals surface area (Å²) in [5.41, 5.74) is 0. The molecule has 2 fully saturated rings. The van der Waals surface area contributed by atoms with E-state index in [0.717, 1.165) is 51.2 Å². The lowest BCUT2D eigenvalue weighted by atomic mass is 10.1. The number of carbonyl (C=O) groups excluding carboxylic acids is 1. The Hall–Kier alpha value is -0.610. The minimum atomic E-state index is 0.344. The van der Waals surface area contributed by atoms with Crippen LogP contribution in [-0.4, -0.2) is 61.0 Å². The first-order valence-electron chi connectivity index (χ1n) is 7.89. The maximum Gasteiger partial charge on any atom is 0.223 e. The summed E-state index contributed by atoms with van der Waals surface area (Å²) in [6.07, 6.45) is 4.62. The first kappa shape index (κ1) is 14.8. The van der Waals surface area contributed by atoms with Crippen molar-refractivity contribution in [3.8, 4) is 0 Å². The molecule has 0 unspecified atom stereocenters. The Bertz CT molecular complexity index is 283. The van der Waals surface area contributed by atoms with Gasteiger partial charge in [-0.15, -0.1) is 0 Å². The molecular weight excluding hydrogens is 238 g/mol. The average Bonchev–Trinajstić information content (AvgIpc) is 3.23. The van der Waals surface area contributed by atoms with Crippen LogP contribution in [0.4, 0.5) is 0 Å². The molecule has 0 aromatic heterocycles. The molecule has 110 valence electrons. The van der Waals surface area contributed by atoms with Gasteiger partial charge in [0.05, 0.1) is 0 Å². The molecule has 1 aliphatic carbocycles. The van der Waals surface area contributed by atoms with E-state index in [0.29, 0.717) is 12.3 Å². The quantitative estimate of drug-likeness (QED) is 0.755. The van der Waals surface area contributed by atoms with Gasteiger partial charge in [0, 0.05) is 45.2 Å². The van der Waals surface area contributed by atoms with Crippen LogP contribution in [0.25, 0.3) is 0 Å². The summed E-state index contributed by atoms with van der Waals surface area (Å²) in [5, 5.41) is 3.29. The summed E-state index contributed by atoms with van der Waals surface area (Å²) in [5.74, 6) is 1.10. The second-order valence-electron chi connectivity index (χ2n) is 6.33. The van der Waals surface area contributed by atoms with E-state index in [1.807, 2.05) is 4.90 Å². The fraction of sp³-hybridized carbons (Fsp3) is 0.933. The molecule has 1 aliphatic heterocycles. The summed E-state index contributed by atoms with van der Waals surface area (Å²) in [4.78, 5) is 16.7. The Morgan fingerprint density at radius 1 is 1.26 bits per heavy atom. The normalized spacial score (nSPS) is 20.3. The van der Waals surface area contributed by atoms with Crippen LogP contribution in [0.1, 0.15) is 39.5 Å². The molecule has 2 rings (SSSR count). The molecule has 1 N–H and O–H groups in total. The van der Waals surface area contributed by atoms with Crippen LogP contribution < -0.4 is 5.32 Å². The van der Waals surface area contributed by atoms with Gasteiger partial charge in [-0.05, 0) is 31.7 Å². The summed E-state index contributed by atoms with van der Waals surface area (Å²) >= 11 is 0. The van der Waals surface area contributed by atoms with Gasteiger partial charge in [-0.3, -0.25) is 9.69 Å². The highest BCUT2D eigenvalue weighted by atomic mass is 16.2. The zero-order chi connectivity index (χ0) is 13.7. The second kappa shape index (κ2) is 7.25. The minimum absolute atomic E-state index is 0.344. The third-order valence-corrected chi connectivity index (χ3v) is 4.14. The number of rotatable bonds is 7. The molecular formula is C15H29N3O. The van der Waals surface area contributed by atoms with Gasteiger partial charge in [0.2, 0.25) is 5.91 Å². The molecule has 0 radical (unpaired) electrons. The van der Waals surface area contributed by atoms with Crippen molar-refractivity contribution in [2.45, 2.75) is 45.6 Å². The van der Waals surface area contributed by atoms with E-state index >= 15 is 0 Å². The van der Waals surface area contributed by atoms with Gasteiger partial charge in [-0.25, -0.2) is 0 Å². The summed E-state index contributed by atoms with van der Waals surface area (Å²) in [6, 6.07) is 0.773. The van der Waals surface area contributed by atoms with Crippen LogP contribution in [0.5, 0.6) is 0 Å². The summed E-state index contributed by atoms with van der Waals surface area (Å²) < 4.78 is 0. The van der Waals surface area contributed by atoms with Crippen molar-refractivity contribution < 1.29 is 4.79 Å². The largest absolute Gasteiger partial charge is 0.340 e. The molecule has 4 nitrogen and oxygen atoms in total. The van der Waals surface area contributed by atoms with Gasteiger partial charge in [0.25, 0.3) is 0 Å². The molecule has 4 heteroatoms. The number of hydrogen-bond acceptors (Lipinski definition) is 3. The first-order valence-corrected chi connectivity index (χ1v) is 7.89. The SMILES string of the molecule is CC(C)CCN(CCC(=O)N1CCNCC1)C1CC1. The lowest BCUT2D eigenvalue weighted by Crippen LogP contribution is -2.47. The standard InChI is InChI=1S/C15H29N3O/c1-13(2)5-9-17(14-3-4-14)10-6-15(19)18-11-7-16-8-12-18/h13-14,16H,3-12H2,1-2H3. The van der Waals surface area contributed by atoms with E-state index in [4.69, 9.17) is 0 Å². The van der Waals surface area contributed by atoms with Crippen molar-refractivity contribution in [3.63, 3.8) is 0 Å². The third-order valence-electron chi connectivity index (χ3n) is 4.14. The van der Waals surface area contributed by atoms with E-state index in [2.05, 4.69) is 24.1 Å². The maximum atomic E-state index is 12.2. The van der Waals surface area contributed by atoms with E-state index in [1.165, 1.54) is 19.3 Å². The number of hydrogen-bond donors (Lipinski definition) is 1. The fourth-order valence-electron chi connectivity index (χ4n) is 2.65. The highest BCUT2D eigenvalue weighted by Gasteiger charge is 2.29. The van der Waals surface area contributed by atoms with Crippen molar-refractivity contribution in [2.24, 2.45) is 5.92 Å². The van der Waals surface area contributed by atoms with Gasteiger partial charge in [-0.2, -0.15) is 0 Å². The summed E-state index contributed by atoms with van der Waals surface area (Å²) in [7, 11) is 0. The van der Waals surface area contributed by atoms with Crippen molar-refractivity contribution in [3.05, 3.63) is 0 Å². The number of nitrogens with zero attached hydrogens (tertiary/aromatic N) is 2. The van der Waals surface area contributed by atoms with Crippen LogP contribution in [0.3, 0.4) is 0 Å². The van der Waals surface area contributed by atoms with Crippen molar-refractivity contribution in [2.75, 3.05) is 39.3 Å². The van der Waals surface area contributed by atoms with Gasteiger partial charge in [0.1, 0.15) is 0 Å². The minimum Gasteiger partial charge on any atom is -0.340 e. The Kier molecular flexibility index (Phi) is 5.64. The van der Waals surface area contributed by atoms with Gasteiger partial charge >= 0.3 is 0 Å². The summed E-state index contributed by atoms with van der Waals surface area (Å²) in [6.45, 7) is 10.3. The highest BCUT2D eigenvalue weighted by Crippen LogP contribution is 2.27. The molecule has 0 atom stereocenters. The van der Waals surface area contributed by atoms with Crippen molar-refractivity contribution in [1.29, 1.82) is 0 Å². The van der Waals surface area contributed by atoms with Gasteiger partial charge in [-0.1, -0.05) is 13.8 Å². The van der Waals surface area contributed by atoms with Crippen LogP contribution in [0, 0.1) is 5.92 Å². The second-order valence-corrected chi connectivity index (χ2v) is 6.33. The topological polar surface area (TPSA) is 35.6 Å². The van der Waals surface area contributed by atoms with E-state index in [-0.39, 0.29) is 0 Å². The maximum absolute atomic E-state index is 12.2. The number of amides is 1. The monoisotopic (exact) mass is 267 g/mol. The van der Waals surface area contributed by atoms with Gasteiger partial charge in [0.15, 0.2) is 0 Å². The highest BCUT2D eigenvalue weighted by molar-refractivity contribution is 5.76. The first-order chi connectivity index (χ1) is 9.16. The molecule has 1 saturated heterocycles. The lowest BCUT2D eigenvalue weighted by Gasteiger charge is -2.29. The molecule has 19 heavy (non-hydrogen) atoms. The molecule has 2 aliphatic rings. The van der Waals surface area contributed by atoms with Crippen LogP contribution in [-0.2, 0) is 4.79 Å². The van der Waals surface area contributed by atoms with Crippen molar-refractivity contribution in [1.82, 2.24) is 15.1 Å². The smallest absolute Gasteiger partial charge is 0.223 e. The van der Waals surface area contributed by atoms with Gasteiger partial charge < -0.3 is 10.2 Å². The zero-order valence-electron chi connectivity index (χ0n) is 12.5. The molecule has 1 amide bonds. The average molecular weight is 267 g/mol. The fourth-order valence-corrected chi connectivity index (χ4v) is 2.65. The Balaban J connectivity index is 1.70. The molecule has 0 bridgehead atoms. The predicted octanol–water partition coefficient (Wildman–Crippen LogP) is 1.32. The Labute approximate surface area is 117 Å². The van der Waals surface area contributed by atoms with Crippen molar-refractivity contribution >= 4 is 5.91 Å². The molecule has 1 heterocycles. The van der Waals surface area contributed by atoms with E-state index in [1.54, 1.807) is 0 Å². The van der Waals surface area contributed by atoms with Crippen LogP contribution >= 0.6 is 0 Å². The number of nitrogens with one attached hydrogen (secondary N) is 1.